The van der Waals surface area contributed by atoms with Crippen LogP contribution in [0.3, 0.4) is 0 Å². The van der Waals surface area contributed by atoms with Crippen LogP contribution in [-0.2, 0) is 16.4 Å². The Morgan fingerprint density at radius 1 is 1.20 bits per heavy atom. The van der Waals surface area contributed by atoms with E-state index in [1.807, 2.05) is 39.8 Å². The molecule has 0 saturated heterocycles. The third kappa shape index (κ3) is 3.81. The quantitative estimate of drug-likeness (QED) is 0.907. The number of nitrogens with zero attached hydrogens (tertiary/aromatic N) is 1. The van der Waals surface area contributed by atoms with Crippen LogP contribution in [0.15, 0.2) is 29.2 Å². The smallest absolute Gasteiger partial charge is 0.243 e. The third-order valence-corrected chi connectivity index (χ3v) is 5.77. The zero-order chi connectivity index (χ0) is 15.6. The summed E-state index contributed by atoms with van der Waals surface area (Å²) in [6.45, 7) is 8.60. The molecule has 0 saturated carbocycles. The Balaban J connectivity index is 3.04. The van der Waals surface area contributed by atoms with Gasteiger partial charge in [0, 0.05) is 13.1 Å². The van der Waals surface area contributed by atoms with Gasteiger partial charge in [0.15, 0.2) is 0 Å². The zero-order valence-electron chi connectivity index (χ0n) is 13.1. The van der Waals surface area contributed by atoms with Crippen LogP contribution >= 0.6 is 0 Å². The van der Waals surface area contributed by atoms with Crippen molar-refractivity contribution in [3.8, 4) is 0 Å². The van der Waals surface area contributed by atoms with Crippen LogP contribution in [0, 0.1) is 5.41 Å². The van der Waals surface area contributed by atoms with Crippen molar-refractivity contribution in [2.24, 2.45) is 11.1 Å². The fourth-order valence-electron chi connectivity index (χ4n) is 1.91. The van der Waals surface area contributed by atoms with Gasteiger partial charge in [-0.1, -0.05) is 32.9 Å². The number of hydrogen-bond donors (Lipinski definition) is 1. The van der Waals surface area contributed by atoms with Gasteiger partial charge >= 0.3 is 0 Å². The van der Waals surface area contributed by atoms with Gasteiger partial charge < -0.3 is 5.73 Å². The van der Waals surface area contributed by atoms with E-state index in [4.69, 9.17) is 5.73 Å². The van der Waals surface area contributed by atoms with Crippen molar-refractivity contribution in [3.05, 3.63) is 29.8 Å². The molecular weight excluding hydrogens is 272 g/mol. The Labute approximate surface area is 123 Å². The minimum atomic E-state index is -3.45. The summed E-state index contributed by atoms with van der Waals surface area (Å²) in [6, 6.07) is 6.89. The van der Waals surface area contributed by atoms with Gasteiger partial charge in [-0.05, 0) is 43.0 Å². The maximum absolute atomic E-state index is 12.6. The molecule has 0 bridgehead atoms. The molecule has 0 radical (unpaired) electrons. The van der Waals surface area contributed by atoms with Crippen LogP contribution in [0.25, 0.3) is 0 Å². The average Bonchev–Trinajstić information content (AvgIpc) is 2.37. The van der Waals surface area contributed by atoms with E-state index in [1.54, 1.807) is 19.2 Å². The molecule has 1 atom stereocenters. The first kappa shape index (κ1) is 17.1. The number of rotatable bonds is 5. The number of nitrogens with two attached hydrogens (primary N) is 1. The van der Waals surface area contributed by atoms with Gasteiger partial charge in [0.1, 0.15) is 0 Å². The number of sulfonamides is 1. The summed E-state index contributed by atoms with van der Waals surface area (Å²) in [4.78, 5) is 0.330. The van der Waals surface area contributed by atoms with Gasteiger partial charge in [-0.15, -0.1) is 0 Å². The SMILES string of the molecule is CC(N(C)S(=O)(=O)c1ccc(CCN)cc1)C(C)(C)C. The van der Waals surface area contributed by atoms with Gasteiger partial charge in [0.2, 0.25) is 10.0 Å². The highest BCUT2D eigenvalue weighted by Gasteiger charge is 2.32. The zero-order valence-corrected chi connectivity index (χ0v) is 13.9. The molecule has 0 aromatic heterocycles. The molecule has 20 heavy (non-hydrogen) atoms. The van der Waals surface area contributed by atoms with Crippen LogP contribution in [0.1, 0.15) is 33.3 Å². The lowest BCUT2D eigenvalue weighted by atomic mass is 9.88. The normalized spacial score (nSPS) is 14.6. The van der Waals surface area contributed by atoms with Crippen molar-refractivity contribution in [1.29, 1.82) is 0 Å². The molecule has 0 aliphatic heterocycles. The molecule has 5 heteroatoms. The van der Waals surface area contributed by atoms with Crippen molar-refractivity contribution >= 4 is 10.0 Å². The highest BCUT2D eigenvalue weighted by atomic mass is 32.2. The minimum absolute atomic E-state index is 0.0868. The maximum Gasteiger partial charge on any atom is 0.243 e. The van der Waals surface area contributed by atoms with E-state index in [-0.39, 0.29) is 11.5 Å². The molecular formula is C15H26N2O2S. The van der Waals surface area contributed by atoms with Crippen LogP contribution in [0.4, 0.5) is 0 Å². The summed E-state index contributed by atoms with van der Waals surface area (Å²) in [6.07, 6.45) is 0.758. The predicted octanol–water partition coefficient (Wildman–Crippen LogP) is 2.24. The monoisotopic (exact) mass is 298 g/mol. The second kappa shape index (κ2) is 6.24. The fraction of sp³-hybridized carbons (Fsp3) is 0.600. The Bertz CT molecular complexity index is 530. The highest BCUT2D eigenvalue weighted by Crippen LogP contribution is 2.27. The molecule has 0 heterocycles. The van der Waals surface area contributed by atoms with Gasteiger partial charge in [-0.3, -0.25) is 0 Å². The van der Waals surface area contributed by atoms with Crippen LogP contribution in [0.5, 0.6) is 0 Å². The van der Waals surface area contributed by atoms with Crippen LogP contribution in [0.2, 0.25) is 0 Å². The maximum atomic E-state index is 12.6. The first-order valence-corrected chi connectivity index (χ1v) is 8.31. The summed E-state index contributed by atoms with van der Waals surface area (Å²) in [5, 5.41) is 0. The van der Waals surface area contributed by atoms with Gasteiger partial charge in [-0.25, -0.2) is 8.42 Å². The van der Waals surface area contributed by atoms with E-state index in [1.165, 1.54) is 4.31 Å². The first-order chi connectivity index (χ1) is 9.10. The molecule has 0 fully saturated rings. The second-order valence-electron chi connectivity index (χ2n) is 6.25. The molecule has 1 rings (SSSR count). The standard InChI is InChI=1S/C15H26N2O2S/c1-12(15(2,3)4)17(5)20(18,19)14-8-6-13(7-9-14)10-11-16/h6-9,12H,10-11,16H2,1-5H3. The Kier molecular flexibility index (Phi) is 5.35. The van der Waals surface area contributed by atoms with E-state index >= 15 is 0 Å². The van der Waals surface area contributed by atoms with Crippen molar-refractivity contribution < 1.29 is 8.42 Å². The average molecular weight is 298 g/mol. The fourth-order valence-corrected chi connectivity index (χ4v) is 3.46. The molecule has 1 unspecified atom stereocenters. The van der Waals surface area contributed by atoms with Crippen LogP contribution < -0.4 is 5.73 Å². The highest BCUT2D eigenvalue weighted by molar-refractivity contribution is 7.89. The van der Waals surface area contributed by atoms with E-state index < -0.39 is 10.0 Å². The number of hydrogen-bond acceptors (Lipinski definition) is 3. The molecule has 0 aliphatic rings. The Morgan fingerprint density at radius 2 is 1.70 bits per heavy atom. The topological polar surface area (TPSA) is 63.4 Å². The number of benzene rings is 1. The molecule has 114 valence electrons. The second-order valence-corrected chi connectivity index (χ2v) is 8.24. The van der Waals surface area contributed by atoms with Crippen molar-refractivity contribution in [2.75, 3.05) is 13.6 Å². The summed E-state index contributed by atoms with van der Waals surface area (Å²) < 4.78 is 26.6. The largest absolute Gasteiger partial charge is 0.330 e. The van der Waals surface area contributed by atoms with E-state index in [0.29, 0.717) is 11.4 Å². The lowest BCUT2D eigenvalue weighted by Gasteiger charge is -2.34. The van der Waals surface area contributed by atoms with E-state index in [9.17, 15) is 8.42 Å². The summed E-state index contributed by atoms with van der Waals surface area (Å²) in [5.41, 5.74) is 6.44. The van der Waals surface area contributed by atoms with Crippen molar-refractivity contribution in [3.63, 3.8) is 0 Å². The molecule has 1 aromatic rings. The predicted molar refractivity (Wildman–Crippen MR) is 83.1 cm³/mol. The van der Waals surface area contributed by atoms with Gasteiger partial charge in [0.05, 0.1) is 4.90 Å². The summed E-state index contributed by atoms with van der Waals surface area (Å²) in [7, 11) is -1.81. The van der Waals surface area contributed by atoms with E-state index in [2.05, 4.69) is 0 Å². The Hall–Kier alpha value is -0.910. The molecule has 0 aliphatic carbocycles. The van der Waals surface area contributed by atoms with Crippen molar-refractivity contribution in [1.82, 2.24) is 4.31 Å². The summed E-state index contributed by atoms with van der Waals surface area (Å²) in [5.74, 6) is 0. The van der Waals surface area contributed by atoms with E-state index in [0.717, 1.165) is 12.0 Å². The minimum Gasteiger partial charge on any atom is -0.330 e. The molecule has 0 spiro atoms. The lowest BCUT2D eigenvalue weighted by Crippen LogP contribution is -2.42. The third-order valence-electron chi connectivity index (χ3n) is 3.83. The van der Waals surface area contributed by atoms with Gasteiger partial charge in [0.25, 0.3) is 0 Å². The first-order valence-electron chi connectivity index (χ1n) is 6.87. The van der Waals surface area contributed by atoms with Gasteiger partial charge in [-0.2, -0.15) is 4.31 Å². The molecule has 2 N–H and O–H groups in total. The van der Waals surface area contributed by atoms with Crippen molar-refractivity contribution in [2.45, 2.75) is 45.1 Å². The molecule has 4 nitrogen and oxygen atoms in total. The van der Waals surface area contributed by atoms with Crippen LogP contribution in [-0.4, -0.2) is 32.4 Å². The lowest BCUT2D eigenvalue weighted by molar-refractivity contribution is 0.216. The molecule has 1 aromatic carbocycles. The Morgan fingerprint density at radius 3 is 2.10 bits per heavy atom. The summed E-state index contributed by atoms with van der Waals surface area (Å²) >= 11 is 0. The molecule has 0 amide bonds.